The van der Waals surface area contributed by atoms with E-state index in [2.05, 4.69) is 28.4 Å². The number of hydrogen-bond acceptors (Lipinski definition) is 4. The van der Waals surface area contributed by atoms with E-state index in [0.29, 0.717) is 12.0 Å². The first-order valence-corrected chi connectivity index (χ1v) is 8.25. The van der Waals surface area contributed by atoms with Crippen LogP contribution in [0.2, 0.25) is 4.34 Å². The molecule has 1 unspecified atom stereocenters. The molecule has 2 heterocycles. The van der Waals surface area contributed by atoms with Crippen molar-refractivity contribution < 1.29 is 0 Å². The zero-order valence-corrected chi connectivity index (χ0v) is 13.3. The number of halogens is 1. The molecule has 1 aliphatic rings. The molecule has 3 rings (SSSR count). The van der Waals surface area contributed by atoms with Crippen molar-refractivity contribution in [3.63, 3.8) is 0 Å². The molecule has 0 aliphatic heterocycles. The molecule has 0 radical (unpaired) electrons. The highest BCUT2D eigenvalue weighted by molar-refractivity contribution is 7.16. The zero-order chi connectivity index (χ0) is 14.1. The average molecular weight is 311 g/mol. The minimum Gasteiger partial charge on any atom is -0.302 e. The number of nitrogens with zero attached hydrogens (tertiary/aromatic N) is 3. The molecular weight excluding hydrogens is 292 g/mol. The molecule has 1 saturated carbocycles. The Morgan fingerprint density at radius 2 is 2.30 bits per heavy atom. The third-order valence-electron chi connectivity index (χ3n) is 3.66. The fourth-order valence-electron chi connectivity index (χ4n) is 2.28. The van der Waals surface area contributed by atoms with Gasteiger partial charge in [0.25, 0.3) is 0 Å². The predicted molar refractivity (Wildman–Crippen MR) is 82.2 cm³/mol. The Balaban J connectivity index is 1.65. The van der Waals surface area contributed by atoms with Gasteiger partial charge >= 0.3 is 0 Å². The molecule has 108 valence electrons. The molecule has 2 aromatic heterocycles. The maximum Gasteiger partial charge on any atom is 0.154 e. The molecule has 0 spiro atoms. The standard InChI is InChI=1S/C14H19ClN4S/c1-3-10(11-6-7-12(15)20-11)16-8-13-17-14(9-4-5-9)18-19(13)2/h6-7,9-10,16H,3-5,8H2,1-2H3. The highest BCUT2D eigenvalue weighted by Crippen LogP contribution is 2.38. The Labute approximate surface area is 128 Å². The number of nitrogens with one attached hydrogen (secondary N) is 1. The van der Waals surface area contributed by atoms with Crippen LogP contribution in [-0.2, 0) is 13.6 Å². The first-order chi connectivity index (χ1) is 9.67. The van der Waals surface area contributed by atoms with Crippen LogP contribution in [0.25, 0.3) is 0 Å². The molecule has 1 atom stereocenters. The highest BCUT2D eigenvalue weighted by atomic mass is 35.5. The lowest BCUT2D eigenvalue weighted by atomic mass is 10.2. The van der Waals surface area contributed by atoms with E-state index in [-0.39, 0.29) is 0 Å². The molecule has 6 heteroatoms. The number of thiophene rings is 1. The number of rotatable bonds is 6. The fraction of sp³-hybridized carbons (Fsp3) is 0.571. The molecule has 1 aliphatic carbocycles. The Morgan fingerprint density at radius 3 is 2.90 bits per heavy atom. The van der Waals surface area contributed by atoms with Crippen molar-refractivity contribution in [1.82, 2.24) is 20.1 Å². The van der Waals surface area contributed by atoms with E-state index >= 15 is 0 Å². The van der Waals surface area contributed by atoms with Crippen LogP contribution in [0.5, 0.6) is 0 Å². The first kappa shape index (κ1) is 14.0. The van der Waals surface area contributed by atoms with E-state index in [9.17, 15) is 0 Å². The molecule has 20 heavy (non-hydrogen) atoms. The summed E-state index contributed by atoms with van der Waals surface area (Å²) in [5, 5.41) is 8.06. The van der Waals surface area contributed by atoms with Crippen molar-refractivity contribution in [2.75, 3.05) is 0 Å². The number of aryl methyl sites for hydroxylation is 1. The van der Waals surface area contributed by atoms with Crippen molar-refractivity contribution in [1.29, 1.82) is 0 Å². The van der Waals surface area contributed by atoms with E-state index in [1.807, 2.05) is 17.8 Å². The van der Waals surface area contributed by atoms with Gasteiger partial charge in [0, 0.05) is 23.9 Å². The molecule has 0 bridgehead atoms. The molecular formula is C14H19ClN4S. The smallest absolute Gasteiger partial charge is 0.154 e. The van der Waals surface area contributed by atoms with Crippen molar-refractivity contribution >= 4 is 22.9 Å². The van der Waals surface area contributed by atoms with E-state index in [0.717, 1.165) is 29.0 Å². The summed E-state index contributed by atoms with van der Waals surface area (Å²) in [6.45, 7) is 2.92. The lowest BCUT2D eigenvalue weighted by Crippen LogP contribution is -2.21. The molecule has 1 N–H and O–H groups in total. The van der Waals surface area contributed by atoms with Gasteiger partial charge in [-0.2, -0.15) is 5.10 Å². The van der Waals surface area contributed by atoms with Gasteiger partial charge in [-0.25, -0.2) is 4.98 Å². The summed E-state index contributed by atoms with van der Waals surface area (Å²) >= 11 is 7.65. The van der Waals surface area contributed by atoms with E-state index in [1.54, 1.807) is 11.3 Å². The van der Waals surface area contributed by atoms with Gasteiger partial charge in [0.05, 0.1) is 10.9 Å². The Morgan fingerprint density at radius 1 is 1.50 bits per heavy atom. The summed E-state index contributed by atoms with van der Waals surface area (Å²) in [5.74, 6) is 2.62. The van der Waals surface area contributed by atoms with Gasteiger partial charge in [-0.15, -0.1) is 11.3 Å². The van der Waals surface area contributed by atoms with Crippen LogP contribution in [0.3, 0.4) is 0 Å². The summed E-state index contributed by atoms with van der Waals surface area (Å²) < 4.78 is 2.74. The van der Waals surface area contributed by atoms with Gasteiger partial charge in [-0.1, -0.05) is 18.5 Å². The second kappa shape index (κ2) is 5.84. The highest BCUT2D eigenvalue weighted by Gasteiger charge is 2.28. The van der Waals surface area contributed by atoms with Crippen molar-refractivity contribution in [2.45, 2.75) is 44.7 Å². The SMILES string of the molecule is CCC(NCc1nc(C2CC2)nn1C)c1ccc(Cl)s1. The van der Waals surface area contributed by atoms with Crippen LogP contribution in [0.4, 0.5) is 0 Å². The van der Waals surface area contributed by atoms with Crippen LogP contribution in [0.15, 0.2) is 12.1 Å². The maximum absolute atomic E-state index is 6.01. The quantitative estimate of drug-likeness (QED) is 0.885. The van der Waals surface area contributed by atoms with Crippen LogP contribution >= 0.6 is 22.9 Å². The number of hydrogen-bond donors (Lipinski definition) is 1. The van der Waals surface area contributed by atoms with E-state index < -0.39 is 0 Å². The Hall–Kier alpha value is -0.910. The molecule has 4 nitrogen and oxygen atoms in total. The van der Waals surface area contributed by atoms with Gasteiger partial charge in [0.1, 0.15) is 5.82 Å². The topological polar surface area (TPSA) is 42.7 Å². The van der Waals surface area contributed by atoms with Crippen LogP contribution in [0.1, 0.15) is 54.7 Å². The summed E-state index contributed by atoms with van der Waals surface area (Å²) in [6.07, 6.45) is 3.51. The predicted octanol–water partition coefficient (Wildman–Crippen LogP) is 3.65. The third kappa shape index (κ3) is 3.05. The van der Waals surface area contributed by atoms with Crippen LogP contribution in [-0.4, -0.2) is 14.8 Å². The summed E-state index contributed by atoms with van der Waals surface area (Å²) in [7, 11) is 1.97. The van der Waals surface area contributed by atoms with E-state index in [1.165, 1.54) is 17.7 Å². The maximum atomic E-state index is 6.01. The molecule has 0 saturated heterocycles. The van der Waals surface area contributed by atoms with Crippen molar-refractivity contribution in [2.24, 2.45) is 7.05 Å². The molecule has 2 aromatic rings. The molecule has 0 amide bonds. The van der Waals surface area contributed by atoms with Gasteiger partial charge in [-0.05, 0) is 31.4 Å². The largest absolute Gasteiger partial charge is 0.302 e. The lowest BCUT2D eigenvalue weighted by Gasteiger charge is -2.14. The first-order valence-electron chi connectivity index (χ1n) is 7.05. The van der Waals surface area contributed by atoms with Gasteiger partial charge in [0.2, 0.25) is 0 Å². The third-order valence-corrected chi connectivity index (χ3v) is 5.01. The Kier molecular flexibility index (Phi) is 4.10. The summed E-state index contributed by atoms with van der Waals surface area (Å²) in [5.41, 5.74) is 0. The second-order valence-electron chi connectivity index (χ2n) is 5.27. The van der Waals surface area contributed by atoms with Gasteiger partial charge in [-0.3, -0.25) is 4.68 Å². The lowest BCUT2D eigenvalue weighted by molar-refractivity contribution is 0.503. The normalized spacial score (nSPS) is 16.6. The number of aromatic nitrogens is 3. The monoisotopic (exact) mass is 310 g/mol. The van der Waals surface area contributed by atoms with Crippen LogP contribution in [0, 0.1) is 0 Å². The minimum atomic E-state index is 0.327. The summed E-state index contributed by atoms with van der Waals surface area (Å²) in [6, 6.07) is 4.38. The Bertz CT molecular complexity index is 588. The van der Waals surface area contributed by atoms with Gasteiger partial charge in [0.15, 0.2) is 5.82 Å². The van der Waals surface area contributed by atoms with Gasteiger partial charge < -0.3 is 5.32 Å². The fourth-order valence-corrected chi connectivity index (χ4v) is 3.50. The summed E-state index contributed by atoms with van der Waals surface area (Å²) in [4.78, 5) is 5.92. The van der Waals surface area contributed by atoms with E-state index in [4.69, 9.17) is 11.6 Å². The zero-order valence-electron chi connectivity index (χ0n) is 11.8. The average Bonchev–Trinajstić information content (AvgIpc) is 3.10. The van der Waals surface area contributed by atoms with Crippen molar-refractivity contribution in [3.8, 4) is 0 Å². The minimum absolute atomic E-state index is 0.327. The molecule has 0 aromatic carbocycles. The molecule has 1 fully saturated rings. The van der Waals surface area contributed by atoms with Crippen molar-refractivity contribution in [3.05, 3.63) is 33.0 Å². The second-order valence-corrected chi connectivity index (χ2v) is 7.01. The van der Waals surface area contributed by atoms with Crippen LogP contribution < -0.4 is 5.32 Å².